The number of piperazine rings is 1. The molecule has 9 nitrogen and oxygen atoms in total. The number of hydrogen-bond acceptors (Lipinski definition) is 6. The van der Waals surface area contributed by atoms with Crippen LogP contribution in [-0.4, -0.2) is 56.8 Å². The van der Waals surface area contributed by atoms with Crippen LogP contribution in [0.2, 0.25) is 10.0 Å². The number of anilines is 2. The van der Waals surface area contributed by atoms with Gasteiger partial charge < -0.3 is 19.5 Å². The Morgan fingerprint density at radius 1 is 1.00 bits per heavy atom. The van der Waals surface area contributed by atoms with Gasteiger partial charge >= 0.3 is 5.97 Å². The molecule has 1 fully saturated rings. The minimum atomic E-state index is -1.41. The predicted octanol–water partition coefficient (Wildman–Crippen LogP) is 5.10. The zero-order valence-electron chi connectivity index (χ0n) is 21.5. The SMILES string of the molecule is O=C(O)c1cn(-c2ccc(Cn3ccnn3)cc2)c2c(Cl)c(N3CCN(c4ccccc4Cl)CC3)c(F)cc2c1=O. The van der Waals surface area contributed by atoms with E-state index in [2.05, 4.69) is 15.2 Å². The van der Waals surface area contributed by atoms with Gasteiger partial charge in [0.05, 0.1) is 45.1 Å². The maximum absolute atomic E-state index is 15.7. The quantitative estimate of drug-likeness (QED) is 0.293. The van der Waals surface area contributed by atoms with Crippen LogP contribution in [0.1, 0.15) is 15.9 Å². The van der Waals surface area contributed by atoms with Crippen molar-refractivity contribution < 1.29 is 14.3 Å². The van der Waals surface area contributed by atoms with E-state index in [0.717, 1.165) is 17.3 Å². The summed E-state index contributed by atoms with van der Waals surface area (Å²) in [7, 11) is 0. The van der Waals surface area contributed by atoms with Crippen LogP contribution < -0.4 is 15.2 Å². The maximum Gasteiger partial charge on any atom is 0.341 e. The summed E-state index contributed by atoms with van der Waals surface area (Å²) in [5.74, 6) is -2.10. The molecule has 3 heterocycles. The lowest BCUT2D eigenvalue weighted by molar-refractivity contribution is 0.0695. The summed E-state index contributed by atoms with van der Waals surface area (Å²) in [5.41, 5.74) is 1.50. The van der Waals surface area contributed by atoms with Crippen LogP contribution in [-0.2, 0) is 6.54 Å². The van der Waals surface area contributed by atoms with Gasteiger partial charge in [0.25, 0.3) is 0 Å². The first-order chi connectivity index (χ1) is 19.8. The summed E-state index contributed by atoms with van der Waals surface area (Å²) in [4.78, 5) is 29.1. The first-order valence-electron chi connectivity index (χ1n) is 12.8. The number of rotatable bonds is 6. The molecule has 0 radical (unpaired) electrons. The lowest BCUT2D eigenvalue weighted by Crippen LogP contribution is -2.47. The van der Waals surface area contributed by atoms with Gasteiger partial charge in [-0.1, -0.05) is 52.7 Å². The van der Waals surface area contributed by atoms with E-state index in [1.807, 2.05) is 41.3 Å². The van der Waals surface area contributed by atoms with Crippen LogP contribution in [0.25, 0.3) is 16.6 Å². The summed E-state index contributed by atoms with van der Waals surface area (Å²) >= 11 is 13.3. The Hall–Kier alpha value is -4.41. The van der Waals surface area contributed by atoms with Crippen LogP contribution in [0.5, 0.6) is 0 Å². The van der Waals surface area contributed by atoms with E-state index >= 15 is 4.39 Å². The molecular formula is C29H23Cl2FN6O3. The summed E-state index contributed by atoms with van der Waals surface area (Å²) in [6, 6.07) is 15.9. The second kappa shape index (κ2) is 10.9. The second-order valence-electron chi connectivity index (χ2n) is 9.66. The molecule has 1 aliphatic rings. The molecule has 0 unspecified atom stereocenters. The normalized spacial score (nSPS) is 13.6. The Balaban J connectivity index is 1.41. The van der Waals surface area contributed by atoms with Crippen molar-refractivity contribution >= 4 is 51.4 Å². The van der Waals surface area contributed by atoms with Gasteiger partial charge in [0.1, 0.15) is 11.4 Å². The molecule has 0 aliphatic carbocycles. The van der Waals surface area contributed by atoms with Crippen LogP contribution >= 0.6 is 23.2 Å². The zero-order valence-corrected chi connectivity index (χ0v) is 23.1. The van der Waals surface area contributed by atoms with Gasteiger partial charge in [0.15, 0.2) is 0 Å². The Morgan fingerprint density at radius 2 is 1.71 bits per heavy atom. The van der Waals surface area contributed by atoms with E-state index in [1.54, 1.807) is 29.2 Å². The number of halogens is 3. The maximum atomic E-state index is 15.7. The van der Waals surface area contributed by atoms with Gasteiger partial charge in [-0.2, -0.15) is 0 Å². The van der Waals surface area contributed by atoms with Gasteiger partial charge in [-0.05, 0) is 35.9 Å². The fourth-order valence-electron chi connectivity index (χ4n) is 5.20. The monoisotopic (exact) mass is 592 g/mol. The topological polar surface area (TPSA) is 96.5 Å². The largest absolute Gasteiger partial charge is 0.477 e. The van der Waals surface area contributed by atoms with Crippen molar-refractivity contribution in [2.45, 2.75) is 6.54 Å². The number of pyridine rings is 1. The van der Waals surface area contributed by atoms with E-state index in [4.69, 9.17) is 23.2 Å². The fourth-order valence-corrected chi connectivity index (χ4v) is 5.85. The zero-order chi connectivity index (χ0) is 28.7. The van der Waals surface area contributed by atoms with E-state index in [1.165, 1.54) is 10.8 Å². The smallest absolute Gasteiger partial charge is 0.341 e. The molecule has 3 aromatic carbocycles. The van der Waals surface area contributed by atoms with Crippen molar-refractivity contribution in [1.29, 1.82) is 0 Å². The molecule has 1 aliphatic heterocycles. The third kappa shape index (κ3) is 5.00. The summed E-state index contributed by atoms with van der Waals surface area (Å²) < 4.78 is 18.9. The highest BCUT2D eigenvalue weighted by Gasteiger charge is 2.27. The molecule has 41 heavy (non-hydrogen) atoms. The number of carboxylic acids is 1. The Bertz CT molecular complexity index is 1820. The van der Waals surface area contributed by atoms with Gasteiger partial charge in [-0.3, -0.25) is 4.79 Å². The molecule has 0 bridgehead atoms. The molecule has 12 heteroatoms. The highest BCUT2D eigenvalue weighted by Crippen LogP contribution is 2.38. The number of aromatic nitrogens is 4. The van der Waals surface area contributed by atoms with Gasteiger partial charge in [-0.15, -0.1) is 5.10 Å². The second-order valence-corrected chi connectivity index (χ2v) is 10.4. The predicted molar refractivity (Wildman–Crippen MR) is 156 cm³/mol. The summed E-state index contributed by atoms with van der Waals surface area (Å²) in [5, 5.41) is 18.1. The molecule has 1 N–H and O–H groups in total. The third-order valence-corrected chi connectivity index (χ3v) is 7.88. The van der Waals surface area contributed by atoms with Crippen LogP contribution in [0.15, 0.2) is 78.0 Å². The van der Waals surface area contributed by atoms with Gasteiger partial charge in [-0.25, -0.2) is 13.9 Å². The van der Waals surface area contributed by atoms with E-state index in [9.17, 15) is 14.7 Å². The van der Waals surface area contributed by atoms with E-state index < -0.39 is 22.8 Å². The standard InChI is InChI=1S/C29H23Cl2FN6O3/c30-22-3-1-2-4-24(22)35-11-13-36(14-12-35)27-23(32)15-20-26(25(27)31)38(17-21(28(20)39)29(40)41)19-7-5-18(6-8-19)16-37-10-9-33-34-37/h1-10,15,17H,11-14,16H2,(H,40,41). The Morgan fingerprint density at radius 3 is 2.37 bits per heavy atom. The van der Waals surface area contributed by atoms with Crippen molar-refractivity contribution in [1.82, 2.24) is 19.6 Å². The average molecular weight is 593 g/mol. The highest BCUT2D eigenvalue weighted by molar-refractivity contribution is 6.38. The number of carbonyl (C=O) groups is 1. The van der Waals surface area contributed by atoms with Crippen molar-refractivity contribution in [3.8, 4) is 5.69 Å². The van der Waals surface area contributed by atoms with Crippen LogP contribution in [0, 0.1) is 5.82 Å². The van der Waals surface area contributed by atoms with Crippen LogP contribution in [0.3, 0.4) is 0 Å². The Kier molecular flexibility index (Phi) is 7.10. The average Bonchev–Trinajstić information content (AvgIpc) is 3.48. The first kappa shape index (κ1) is 26.8. The number of fused-ring (bicyclic) bond motifs is 1. The molecule has 0 atom stereocenters. The minimum Gasteiger partial charge on any atom is -0.477 e. The number of nitrogens with zero attached hydrogens (tertiary/aromatic N) is 6. The molecule has 0 amide bonds. The fraction of sp³-hybridized carbons (Fsp3) is 0.172. The number of benzene rings is 3. The van der Waals surface area contributed by atoms with Crippen molar-refractivity contribution in [3.05, 3.63) is 110 Å². The third-order valence-electron chi connectivity index (χ3n) is 7.21. The first-order valence-corrected chi connectivity index (χ1v) is 13.6. The van der Waals surface area contributed by atoms with Gasteiger partial charge in [0.2, 0.25) is 5.43 Å². The minimum absolute atomic E-state index is 0.0342. The molecular weight excluding hydrogens is 570 g/mol. The summed E-state index contributed by atoms with van der Waals surface area (Å²) in [6.07, 6.45) is 4.57. The van der Waals surface area contributed by atoms with E-state index in [0.29, 0.717) is 43.4 Å². The van der Waals surface area contributed by atoms with Crippen molar-refractivity contribution in [3.63, 3.8) is 0 Å². The molecule has 0 saturated carbocycles. The lowest BCUT2D eigenvalue weighted by Gasteiger charge is -2.38. The number of aromatic carboxylic acids is 1. The molecule has 1 saturated heterocycles. The lowest BCUT2D eigenvalue weighted by atomic mass is 10.1. The molecule has 5 aromatic rings. The van der Waals surface area contributed by atoms with Crippen molar-refractivity contribution in [2.75, 3.05) is 36.0 Å². The summed E-state index contributed by atoms with van der Waals surface area (Å²) in [6.45, 7) is 2.57. The highest BCUT2D eigenvalue weighted by atomic mass is 35.5. The number of para-hydroxylation sites is 1. The number of hydrogen-bond donors (Lipinski definition) is 1. The van der Waals surface area contributed by atoms with E-state index in [-0.39, 0.29) is 21.6 Å². The van der Waals surface area contributed by atoms with Gasteiger partial charge in [0, 0.05) is 44.3 Å². The molecule has 2 aromatic heterocycles. The number of carboxylic acid groups (broad SMARTS) is 1. The molecule has 0 spiro atoms. The van der Waals surface area contributed by atoms with Crippen LogP contribution in [0.4, 0.5) is 15.8 Å². The molecule has 208 valence electrons. The van der Waals surface area contributed by atoms with Crippen molar-refractivity contribution in [2.24, 2.45) is 0 Å². The molecule has 6 rings (SSSR count). The Labute approximate surface area is 243 Å².